The molecule has 1 aliphatic heterocycles. The highest BCUT2D eigenvalue weighted by Crippen LogP contribution is 2.42. The normalized spacial score (nSPS) is 17.8. The number of carbonyl (C=O) groups excluding carboxylic acids is 2. The minimum atomic E-state index is -0.502. The summed E-state index contributed by atoms with van der Waals surface area (Å²) in [6.07, 6.45) is 1.48. The monoisotopic (exact) mass is 469 g/mol. The Morgan fingerprint density at radius 2 is 1.79 bits per heavy atom. The Bertz CT molecular complexity index is 994. The van der Waals surface area contributed by atoms with Gasteiger partial charge in [-0.05, 0) is 48.2 Å². The number of halogens is 1. The van der Waals surface area contributed by atoms with Crippen molar-refractivity contribution in [1.29, 1.82) is 5.26 Å². The van der Waals surface area contributed by atoms with Gasteiger partial charge in [0.25, 0.3) is 5.91 Å². The Kier molecular flexibility index (Phi) is 6.78. The lowest BCUT2D eigenvalue weighted by Gasteiger charge is -2.18. The molecule has 2 aromatic carbocycles. The van der Waals surface area contributed by atoms with Gasteiger partial charge in [-0.1, -0.05) is 58.9 Å². The molecule has 0 aromatic heterocycles. The van der Waals surface area contributed by atoms with Gasteiger partial charge in [0.1, 0.15) is 16.7 Å². The molecule has 0 spiro atoms. The summed E-state index contributed by atoms with van der Waals surface area (Å²) >= 11 is 4.66. The van der Waals surface area contributed by atoms with Gasteiger partial charge in [-0.15, -0.1) is 0 Å². The van der Waals surface area contributed by atoms with E-state index in [1.807, 2.05) is 30.3 Å². The second-order valence-corrected chi connectivity index (χ2v) is 8.61. The zero-order valence-corrected chi connectivity index (χ0v) is 18.5. The summed E-state index contributed by atoms with van der Waals surface area (Å²) in [6, 6.07) is 17.4. The number of amides is 2. The van der Waals surface area contributed by atoms with Crippen LogP contribution in [-0.2, 0) is 22.4 Å². The first-order valence-corrected chi connectivity index (χ1v) is 10.9. The molecule has 148 valence electrons. The number of hydrogen-bond donors (Lipinski definition) is 1. The van der Waals surface area contributed by atoms with E-state index in [1.165, 1.54) is 29.3 Å². The highest BCUT2D eigenvalue weighted by Gasteiger charge is 2.40. The van der Waals surface area contributed by atoms with E-state index < -0.39 is 11.2 Å². The Labute approximate surface area is 182 Å². The lowest BCUT2D eigenvalue weighted by atomic mass is 10.1. The van der Waals surface area contributed by atoms with Crippen LogP contribution in [0.3, 0.4) is 0 Å². The molecule has 0 unspecified atom stereocenters. The van der Waals surface area contributed by atoms with Gasteiger partial charge >= 0.3 is 0 Å². The van der Waals surface area contributed by atoms with E-state index in [1.54, 1.807) is 12.1 Å². The molecule has 1 atom stereocenters. The summed E-state index contributed by atoms with van der Waals surface area (Å²) in [4.78, 5) is 27.0. The molecular formula is C22H20BrN3O2S. The number of likely N-dealkylation sites (N-methyl/N-ethyl adjacent to an activating group) is 1. The number of nitrogens with one attached hydrogen (secondary N) is 1. The van der Waals surface area contributed by atoms with Crippen LogP contribution in [0.2, 0.25) is 0 Å². The molecule has 3 rings (SSSR count). The molecule has 5 nitrogen and oxygen atoms in total. The fourth-order valence-corrected chi connectivity index (χ4v) is 4.63. The standard InChI is InChI=1S/C22H20BrN3O2S/c1-3-14-4-6-15(7-5-14)12-19-21(28)26(17-10-8-16(23)9-11-17)22(29-19)18(13-24)20(27)25-2/h4-11,19H,3,12H2,1-2H3,(H,25,27)/b22-18-/t19-/m0/s1. The van der Waals surface area contributed by atoms with Crippen molar-refractivity contribution in [2.75, 3.05) is 11.9 Å². The molecule has 2 aromatic rings. The van der Waals surface area contributed by atoms with Gasteiger partial charge in [-0.2, -0.15) is 5.26 Å². The van der Waals surface area contributed by atoms with Crippen LogP contribution >= 0.6 is 27.7 Å². The summed E-state index contributed by atoms with van der Waals surface area (Å²) in [5, 5.41) is 12.0. The predicted octanol–water partition coefficient (Wildman–Crippen LogP) is 4.18. The second-order valence-electron chi connectivity index (χ2n) is 6.50. The first-order valence-electron chi connectivity index (χ1n) is 9.19. The van der Waals surface area contributed by atoms with Crippen molar-refractivity contribution in [3.8, 4) is 6.07 Å². The Hall–Kier alpha value is -2.56. The number of nitrogens with zero attached hydrogens (tertiary/aromatic N) is 2. The molecule has 1 heterocycles. The van der Waals surface area contributed by atoms with E-state index >= 15 is 0 Å². The summed E-state index contributed by atoms with van der Waals surface area (Å²) in [6.45, 7) is 2.10. The van der Waals surface area contributed by atoms with Gasteiger partial charge in [0.2, 0.25) is 5.91 Å². The summed E-state index contributed by atoms with van der Waals surface area (Å²) in [5.41, 5.74) is 2.85. The Morgan fingerprint density at radius 1 is 1.17 bits per heavy atom. The van der Waals surface area contributed by atoms with Gasteiger partial charge in [-0.3, -0.25) is 14.5 Å². The van der Waals surface area contributed by atoms with Gasteiger partial charge in [-0.25, -0.2) is 0 Å². The molecule has 1 aliphatic rings. The highest BCUT2D eigenvalue weighted by molar-refractivity contribution is 9.10. The minimum Gasteiger partial charge on any atom is -0.354 e. The van der Waals surface area contributed by atoms with E-state index in [0.717, 1.165) is 16.5 Å². The van der Waals surface area contributed by atoms with Gasteiger partial charge in [0.05, 0.1) is 5.25 Å². The summed E-state index contributed by atoms with van der Waals surface area (Å²) < 4.78 is 0.880. The summed E-state index contributed by atoms with van der Waals surface area (Å²) in [7, 11) is 1.47. The van der Waals surface area contributed by atoms with Crippen molar-refractivity contribution < 1.29 is 9.59 Å². The third kappa shape index (κ3) is 4.55. The molecule has 0 saturated carbocycles. The third-order valence-electron chi connectivity index (χ3n) is 4.67. The molecule has 2 amide bonds. The maximum atomic E-state index is 13.3. The van der Waals surface area contributed by atoms with Crippen LogP contribution in [0.15, 0.2) is 63.6 Å². The van der Waals surface area contributed by atoms with E-state index in [9.17, 15) is 14.9 Å². The number of carbonyl (C=O) groups is 2. The van der Waals surface area contributed by atoms with Crippen LogP contribution in [-0.4, -0.2) is 24.1 Å². The predicted molar refractivity (Wildman–Crippen MR) is 119 cm³/mol. The maximum Gasteiger partial charge on any atom is 0.264 e. The Morgan fingerprint density at radius 3 is 2.34 bits per heavy atom. The van der Waals surface area contributed by atoms with Crippen LogP contribution in [0.1, 0.15) is 18.1 Å². The zero-order chi connectivity index (χ0) is 21.0. The number of rotatable bonds is 5. The van der Waals surface area contributed by atoms with E-state index in [4.69, 9.17) is 0 Å². The number of hydrogen-bond acceptors (Lipinski definition) is 4. The Balaban J connectivity index is 2.00. The fourth-order valence-electron chi connectivity index (χ4n) is 3.06. The van der Waals surface area contributed by atoms with Crippen molar-refractivity contribution in [1.82, 2.24) is 5.32 Å². The van der Waals surface area contributed by atoms with E-state index in [-0.39, 0.29) is 11.5 Å². The van der Waals surface area contributed by atoms with Crippen LogP contribution in [0.25, 0.3) is 0 Å². The van der Waals surface area contributed by atoms with Crippen LogP contribution < -0.4 is 10.2 Å². The van der Waals surface area contributed by atoms with E-state index in [0.29, 0.717) is 17.1 Å². The smallest absolute Gasteiger partial charge is 0.264 e. The molecule has 0 radical (unpaired) electrons. The number of thioether (sulfide) groups is 1. The average molecular weight is 470 g/mol. The molecule has 29 heavy (non-hydrogen) atoms. The molecule has 1 N–H and O–H groups in total. The highest BCUT2D eigenvalue weighted by atomic mass is 79.9. The molecule has 1 saturated heterocycles. The van der Waals surface area contributed by atoms with E-state index in [2.05, 4.69) is 40.3 Å². The summed E-state index contributed by atoms with van der Waals surface area (Å²) in [5.74, 6) is -0.638. The fraction of sp³-hybridized carbons (Fsp3) is 0.227. The topological polar surface area (TPSA) is 73.2 Å². The van der Waals surface area contributed by atoms with Gasteiger partial charge < -0.3 is 5.32 Å². The SMILES string of the molecule is CCc1ccc(C[C@@H]2S/C(=C(/C#N)C(=O)NC)N(c3ccc(Br)cc3)C2=O)cc1. The van der Waals surface area contributed by atoms with Crippen molar-refractivity contribution in [2.45, 2.75) is 25.0 Å². The van der Waals surface area contributed by atoms with Crippen LogP contribution in [0, 0.1) is 11.3 Å². The average Bonchev–Trinajstić information content (AvgIpc) is 3.05. The molecular weight excluding hydrogens is 450 g/mol. The first-order chi connectivity index (χ1) is 14.0. The largest absolute Gasteiger partial charge is 0.354 e. The van der Waals surface area contributed by atoms with Gasteiger partial charge in [0, 0.05) is 17.2 Å². The van der Waals surface area contributed by atoms with Crippen molar-refractivity contribution in [3.05, 3.63) is 74.7 Å². The minimum absolute atomic E-state index is 0.0578. The number of aryl methyl sites for hydroxylation is 1. The van der Waals surface area contributed by atoms with Crippen LogP contribution in [0.4, 0.5) is 5.69 Å². The molecule has 0 bridgehead atoms. The second kappa shape index (κ2) is 9.29. The molecule has 0 aliphatic carbocycles. The van der Waals surface area contributed by atoms with Crippen molar-refractivity contribution in [3.63, 3.8) is 0 Å². The third-order valence-corrected chi connectivity index (χ3v) is 6.46. The zero-order valence-electron chi connectivity index (χ0n) is 16.1. The number of benzene rings is 2. The quantitative estimate of drug-likeness (QED) is 0.526. The van der Waals surface area contributed by atoms with Gasteiger partial charge in [0.15, 0.2) is 0 Å². The van der Waals surface area contributed by atoms with Crippen molar-refractivity contribution in [2.24, 2.45) is 0 Å². The lowest BCUT2D eigenvalue weighted by Crippen LogP contribution is -2.31. The maximum absolute atomic E-state index is 13.3. The molecule has 7 heteroatoms. The number of nitriles is 1. The molecule has 1 fully saturated rings. The number of anilines is 1. The van der Waals surface area contributed by atoms with Crippen molar-refractivity contribution >= 4 is 45.2 Å². The first kappa shape index (κ1) is 21.2. The van der Waals surface area contributed by atoms with Crippen LogP contribution in [0.5, 0.6) is 0 Å². The lowest BCUT2D eigenvalue weighted by molar-refractivity contribution is -0.117.